The number of nitrogens with one attached hydrogen (secondary N) is 3. The van der Waals surface area contributed by atoms with Crippen molar-refractivity contribution >= 4 is 48.5 Å². The van der Waals surface area contributed by atoms with E-state index in [1.807, 2.05) is 79.9 Å². The summed E-state index contributed by atoms with van der Waals surface area (Å²) in [5, 5.41) is 11.9. The Morgan fingerprint density at radius 1 is 0.869 bits per heavy atom. The zero-order chi connectivity index (χ0) is 43.1. The van der Waals surface area contributed by atoms with Gasteiger partial charge in [-0.15, -0.1) is 22.7 Å². The van der Waals surface area contributed by atoms with Gasteiger partial charge < -0.3 is 43.0 Å². The Bertz CT molecular complexity index is 1950. The second kappa shape index (κ2) is 27.2. The molecule has 0 aliphatic carbocycles. The van der Waals surface area contributed by atoms with Gasteiger partial charge in [-0.25, -0.2) is 19.1 Å². The predicted molar refractivity (Wildman–Crippen MR) is 230 cm³/mol. The number of carbonyl (C=O) groups is 3. The van der Waals surface area contributed by atoms with E-state index in [0.29, 0.717) is 6.42 Å². The van der Waals surface area contributed by atoms with Crippen molar-refractivity contribution in [1.82, 2.24) is 30.8 Å². The van der Waals surface area contributed by atoms with Crippen LogP contribution < -0.4 is 75.1 Å². The molecule has 0 bridgehead atoms. The largest absolute Gasteiger partial charge is 1.00 e. The number of carbonyl (C=O) groups excluding carboxylic acids is 3. The minimum absolute atomic E-state index is 0. The van der Waals surface area contributed by atoms with Crippen molar-refractivity contribution in [3.63, 3.8) is 0 Å². The predicted octanol–water partition coefficient (Wildman–Crippen LogP) is 1.25. The fourth-order valence-electron chi connectivity index (χ4n) is 6.13. The zero-order valence-corrected chi connectivity index (χ0v) is 43.0. The summed E-state index contributed by atoms with van der Waals surface area (Å²) in [6, 6.07) is 15.9. The van der Waals surface area contributed by atoms with Crippen LogP contribution in [0, 0.1) is 11.8 Å². The molecule has 5 N–H and O–H groups in total. The third-order valence-corrected chi connectivity index (χ3v) is 11.6. The minimum Gasteiger partial charge on any atom is -1.00 e. The Labute approximate surface area is 414 Å². The van der Waals surface area contributed by atoms with Crippen molar-refractivity contribution in [3.05, 3.63) is 104 Å². The van der Waals surface area contributed by atoms with Crippen LogP contribution in [0.5, 0.6) is 0 Å². The molecule has 0 fully saturated rings. The van der Waals surface area contributed by atoms with Gasteiger partial charge >= 0.3 is 79.1 Å². The summed E-state index contributed by atoms with van der Waals surface area (Å²) in [6.07, 6.45) is -0.987. The SMILES string of the molecule is CC(C)c1nc(CN(C)C(=O)N[C@H](C(=O)N[C@@H](Cc2ccccc2)C[C@H](OC(OP(=O)(O)O)C(C)C)[C@H](Cc2ccccc2)NC(=O)OCc2cncs2)C(C)C)cs1.[H-].[H-].[Na+].[Na+]. The molecule has 4 amide bonds. The molecule has 0 radical (unpaired) electrons. The third kappa shape index (κ3) is 19.6. The standard InChI is InChI=1S/C41H57N6O9PS2.2Na.2H/c1-26(2)36(46-40(49)47(7)22-32-24-58-38(44-32)27(3)4)37(48)43-31(18-29-14-10-8-11-15-29)20-35(55-39(28(5)6)56-57(51,52)53)34(19-30-16-12-9-13-17-30)45-41(50)54-23-33-21-42-25-59-33;;;;/h8-17,21,24-28,31,34-36,39H,18-20,22-23H2,1-7H3,(H,43,48)(H,45,50)(H,46,49)(H2,51,52,53);;;;/q;2*+1;2*-1/t31-,34-,35-,36-,39?;;;;/m0..../s1. The first-order valence-electron chi connectivity index (χ1n) is 19.5. The molecule has 0 spiro atoms. The van der Waals surface area contributed by atoms with Gasteiger partial charge in [0.1, 0.15) is 12.6 Å². The van der Waals surface area contributed by atoms with E-state index in [4.69, 9.17) is 14.0 Å². The van der Waals surface area contributed by atoms with Gasteiger partial charge in [0.2, 0.25) is 5.91 Å². The Morgan fingerprint density at radius 2 is 1.49 bits per heavy atom. The summed E-state index contributed by atoms with van der Waals surface area (Å²) in [6.45, 7) is 11.4. The molecular weight excluding hydrogens is 862 g/mol. The van der Waals surface area contributed by atoms with Gasteiger partial charge in [0.05, 0.1) is 39.8 Å². The maximum Gasteiger partial charge on any atom is 1.00 e. The molecule has 4 rings (SSSR count). The molecule has 2 heterocycles. The zero-order valence-electron chi connectivity index (χ0n) is 38.5. The number of hydrogen-bond acceptors (Lipinski definition) is 11. The van der Waals surface area contributed by atoms with Gasteiger partial charge in [-0.1, -0.05) is 102 Å². The number of ether oxygens (including phenoxy) is 2. The molecule has 0 aliphatic heterocycles. The van der Waals surface area contributed by atoms with Gasteiger partial charge in [0, 0.05) is 36.5 Å². The monoisotopic (exact) mass is 920 g/mol. The van der Waals surface area contributed by atoms with E-state index in [1.54, 1.807) is 32.6 Å². The molecule has 5 atom stereocenters. The summed E-state index contributed by atoms with van der Waals surface area (Å²) >= 11 is 2.87. The van der Waals surface area contributed by atoms with Crippen molar-refractivity contribution in [3.8, 4) is 0 Å². The molecule has 4 aromatic rings. The number of rotatable bonds is 22. The topological polar surface area (TPSA) is 202 Å². The first kappa shape index (κ1) is 54.9. The molecule has 2 aromatic carbocycles. The van der Waals surface area contributed by atoms with Crippen LogP contribution in [-0.4, -0.2) is 80.3 Å². The number of phosphoric ester groups is 1. The Morgan fingerprint density at radius 3 is 2.02 bits per heavy atom. The van der Waals surface area contributed by atoms with Crippen LogP contribution in [0.1, 0.15) is 83.4 Å². The number of thiazole rings is 2. The average Bonchev–Trinajstić information content (AvgIpc) is 3.88. The Balaban J connectivity index is 0.00000961. The Hall–Kier alpha value is -2.22. The van der Waals surface area contributed by atoms with E-state index >= 15 is 0 Å². The van der Waals surface area contributed by atoms with Gasteiger partial charge in [-0.05, 0) is 36.3 Å². The maximum atomic E-state index is 14.3. The fraction of sp³-hybridized carbons (Fsp3) is 0.488. The molecule has 326 valence electrons. The first-order chi connectivity index (χ1) is 28.0. The summed E-state index contributed by atoms with van der Waals surface area (Å²) in [7, 11) is -3.39. The number of amides is 4. The van der Waals surface area contributed by atoms with Crippen LogP contribution in [-0.2, 0) is 49.4 Å². The van der Waals surface area contributed by atoms with Gasteiger partial charge in [0.15, 0.2) is 6.29 Å². The maximum absolute atomic E-state index is 14.3. The summed E-state index contributed by atoms with van der Waals surface area (Å²) in [5.74, 6) is -1.04. The number of aromatic nitrogens is 2. The van der Waals surface area contributed by atoms with Crippen LogP contribution in [0.2, 0.25) is 0 Å². The number of alkyl carbamates (subject to hydrolysis) is 1. The van der Waals surface area contributed by atoms with E-state index in [1.165, 1.54) is 27.6 Å². The number of benzene rings is 2. The molecule has 15 nitrogen and oxygen atoms in total. The molecule has 61 heavy (non-hydrogen) atoms. The quantitative estimate of drug-likeness (QED) is 0.0432. The molecule has 0 saturated heterocycles. The summed E-state index contributed by atoms with van der Waals surface area (Å²) in [4.78, 5) is 71.9. The smallest absolute Gasteiger partial charge is 1.00 e. The van der Waals surface area contributed by atoms with E-state index in [2.05, 4.69) is 39.8 Å². The van der Waals surface area contributed by atoms with E-state index in [9.17, 15) is 28.7 Å². The number of urea groups is 1. The van der Waals surface area contributed by atoms with Crippen molar-refractivity contribution in [2.45, 2.75) is 110 Å². The van der Waals surface area contributed by atoms with Crippen LogP contribution in [0.15, 0.2) is 77.8 Å². The van der Waals surface area contributed by atoms with Gasteiger partial charge in [0.25, 0.3) is 0 Å². The van der Waals surface area contributed by atoms with Crippen molar-refractivity contribution in [2.75, 3.05) is 7.05 Å². The van der Waals surface area contributed by atoms with Crippen molar-refractivity contribution in [2.24, 2.45) is 11.8 Å². The number of phosphoric acid groups is 1. The second-order valence-corrected chi connectivity index (χ2v) is 18.4. The van der Waals surface area contributed by atoms with Crippen LogP contribution in [0.4, 0.5) is 9.59 Å². The Kier molecular flexibility index (Phi) is 24.5. The van der Waals surface area contributed by atoms with Crippen LogP contribution in [0.25, 0.3) is 0 Å². The third-order valence-electron chi connectivity index (χ3n) is 9.20. The number of hydrogen-bond donors (Lipinski definition) is 5. The van der Waals surface area contributed by atoms with Gasteiger partial charge in [-0.3, -0.25) is 14.3 Å². The molecule has 0 saturated carbocycles. The van der Waals surface area contributed by atoms with E-state index < -0.39 is 62.3 Å². The molecule has 20 heteroatoms. The minimum atomic E-state index is -5.04. The van der Waals surface area contributed by atoms with E-state index in [0.717, 1.165) is 26.7 Å². The van der Waals surface area contributed by atoms with E-state index in [-0.39, 0.29) is 99.8 Å². The number of nitrogens with zero attached hydrogens (tertiary/aromatic N) is 3. The van der Waals surface area contributed by atoms with Crippen LogP contribution in [0.3, 0.4) is 0 Å². The summed E-state index contributed by atoms with van der Waals surface area (Å²) in [5.41, 5.74) is 4.10. The molecule has 0 aliphatic rings. The van der Waals surface area contributed by atoms with Crippen molar-refractivity contribution < 1.29 is 105 Å². The first-order valence-corrected chi connectivity index (χ1v) is 22.8. The molecule has 1 unspecified atom stereocenters. The molecule has 2 aromatic heterocycles. The fourth-order valence-corrected chi connectivity index (χ4v) is 8.02. The van der Waals surface area contributed by atoms with Crippen molar-refractivity contribution in [1.29, 1.82) is 0 Å². The molecular formula is C41H59N6Na2O9PS2. The normalized spacial score (nSPS) is 13.9. The van der Waals surface area contributed by atoms with Crippen LogP contribution >= 0.6 is 30.5 Å². The average molecular weight is 921 g/mol. The van der Waals surface area contributed by atoms with Gasteiger partial charge in [-0.2, -0.15) is 0 Å². The summed E-state index contributed by atoms with van der Waals surface area (Å²) < 4.78 is 29.4. The second-order valence-electron chi connectivity index (χ2n) is 15.4.